The summed E-state index contributed by atoms with van der Waals surface area (Å²) >= 11 is 0. The zero-order valence-electron chi connectivity index (χ0n) is 32.3. The SMILES string of the molecule is CC/C(=C(\c1ccc(O)cc1)c1ccc(N2CCC3(CC2)CC(N2CCN(c4ccc5c(c4)CN(C4CCC(=O)NC4=O)C5=O)CC2)C3)cc1)c1ccccc1. The lowest BCUT2D eigenvalue weighted by atomic mass is 9.60. The van der Waals surface area contributed by atoms with Crippen LogP contribution in [0.25, 0.3) is 11.1 Å². The number of piperidine rings is 2. The first-order valence-electron chi connectivity index (χ1n) is 20.5. The average molecular weight is 750 g/mol. The summed E-state index contributed by atoms with van der Waals surface area (Å²) in [4.78, 5) is 46.6. The van der Waals surface area contributed by atoms with Crippen LogP contribution in [0.5, 0.6) is 5.75 Å². The van der Waals surface area contributed by atoms with E-state index in [2.05, 4.69) is 93.7 Å². The molecular formula is C47H51N5O4. The smallest absolute Gasteiger partial charge is 0.255 e. The third-order valence-electron chi connectivity index (χ3n) is 13.3. The molecule has 0 bridgehead atoms. The Labute approximate surface area is 329 Å². The molecule has 288 valence electrons. The maximum Gasteiger partial charge on any atom is 0.255 e. The quantitative estimate of drug-likeness (QED) is 0.147. The Morgan fingerprint density at radius 3 is 2.05 bits per heavy atom. The van der Waals surface area contributed by atoms with Gasteiger partial charge in [-0.25, -0.2) is 0 Å². The van der Waals surface area contributed by atoms with Gasteiger partial charge in [-0.15, -0.1) is 0 Å². The minimum atomic E-state index is -0.585. The van der Waals surface area contributed by atoms with Gasteiger partial charge in [-0.3, -0.25) is 24.6 Å². The van der Waals surface area contributed by atoms with Gasteiger partial charge in [0.2, 0.25) is 11.8 Å². The molecule has 4 aliphatic heterocycles. The number of phenols is 1. The number of hydrogen-bond donors (Lipinski definition) is 2. The number of carbonyl (C=O) groups is 3. The average Bonchev–Trinajstić information content (AvgIpc) is 3.54. The number of hydrogen-bond acceptors (Lipinski definition) is 7. The van der Waals surface area contributed by atoms with Crippen molar-refractivity contribution in [1.29, 1.82) is 0 Å². The number of amides is 3. The monoisotopic (exact) mass is 749 g/mol. The van der Waals surface area contributed by atoms with Crippen molar-refractivity contribution < 1.29 is 19.5 Å². The molecule has 1 aliphatic carbocycles. The van der Waals surface area contributed by atoms with E-state index >= 15 is 0 Å². The van der Waals surface area contributed by atoms with Crippen LogP contribution in [0.15, 0.2) is 97.1 Å². The number of piperazine rings is 1. The third kappa shape index (κ3) is 6.87. The minimum absolute atomic E-state index is 0.119. The fraction of sp³-hybridized carbons (Fsp3) is 0.383. The zero-order chi connectivity index (χ0) is 38.4. The first-order valence-corrected chi connectivity index (χ1v) is 20.5. The number of nitrogens with zero attached hydrogens (tertiary/aromatic N) is 4. The molecule has 0 aromatic heterocycles. The van der Waals surface area contributed by atoms with Gasteiger partial charge in [0, 0.05) is 75.2 Å². The highest BCUT2D eigenvalue weighted by Crippen LogP contribution is 2.51. The van der Waals surface area contributed by atoms with Gasteiger partial charge in [0.1, 0.15) is 11.8 Å². The number of rotatable bonds is 8. The summed E-state index contributed by atoms with van der Waals surface area (Å²) < 4.78 is 0. The number of nitrogens with one attached hydrogen (secondary N) is 1. The lowest BCUT2D eigenvalue weighted by molar-refractivity contribution is -0.136. The molecule has 3 saturated heterocycles. The van der Waals surface area contributed by atoms with Gasteiger partial charge >= 0.3 is 0 Å². The number of carbonyl (C=O) groups excluding carboxylic acids is 3. The molecule has 4 aromatic rings. The van der Waals surface area contributed by atoms with Crippen LogP contribution in [0.4, 0.5) is 11.4 Å². The second-order valence-electron chi connectivity index (χ2n) is 16.5. The summed E-state index contributed by atoms with van der Waals surface area (Å²) in [6, 6.07) is 33.5. The standard InChI is InChI=1S/C47H51N5O4/c1-2-40(32-6-4-3-5-7-32)44(34-10-15-39(53)16-11-34)33-8-12-36(13-9-33)49-22-20-47(21-23-49)29-38(30-47)51-26-24-50(25-27-51)37-14-17-41-35(28-37)31-52(46(41)56)42-18-19-43(54)48-45(42)55/h3-17,28,38,42,53H,2,18-27,29-31H2,1H3,(H,48,54,55)/b44-40+. The molecule has 56 heavy (non-hydrogen) atoms. The molecule has 4 fully saturated rings. The molecule has 3 amide bonds. The Kier molecular flexibility index (Phi) is 9.65. The van der Waals surface area contributed by atoms with Crippen molar-refractivity contribution in [3.05, 3.63) is 125 Å². The highest BCUT2D eigenvalue weighted by atomic mass is 16.3. The first kappa shape index (κ1) is 36.2. The summed E-state index contributed by atoms with van der Waals surface area (Å²) in [6.07, 6.45) is 6.60. The summed E-state index contributed by atoms with van der Waals surface area (Å²) in [5.41, 5.74) is 10.6. The molecule has 1 saturated carbocycles. The summed E-state index contributed by atoms with van der Waals surface area (Å²) in [6.45, 7) is 8.82. The molecule has 4 aromatic carbocycles. The Balaban J connectivity index is 0.786. The van der Waals surface area contributed by atoms with Gasteiger partial charge in [0.05, 0.1) is 0 Å². The van der Waals surface area contributed by atoms with Crippen LogP contribution in [-0.4, -0.2) is 84.0 Å². The van der Waals surface area contributed by atoms with Crippen molar-refractivity contribution in [2.45, 2.75) is 70.5 Å². The highest BCUT2D eigenvalue weighted by Gasteiger charge is 2.48. The molecule has 9 heteroatoms. The summed E-state index contributed by atoms with van der Waals surface area (Å²) in [7, 11) is 0. The number of phenolic OH excluding ortho intramolecular Hbond substituents is 1. The van der Waals surface area contributed by atoms with Crippen molar-refractivity contribution >= 4 is 40.2 Å². The largest absolute Gasteiger partial charge is 0.508 e. The van der Waals surface area contributed by atoms with Crippen molar-refractivity contribution in [3.63, 3.8) is 0 Å². The van der Waals surface area contributed by atoms with E-state index in [9.17, 15) is 19.5 Å². The van der Waals surface area contributed by atoms with E-state index in [4.69, 9.17) is 0 Å². The van der Waals surface area contributed by atoms with Gasteiger partial charge in [-0.1, -0.05) is 61.5 Å². The summed E-state index contributed by atoms with van der Waals surface area (Å²) in [5, 5.41) is 12.4. The minimum Gasteiger partial charge on any atom is -0.508 e. The molecule has 1 atom stereocenters. The van der Waals surface area contributed by atoms with Crippen LogP contribution >= 0.6 is 0 Å². The van der Waals surface area contributed by atoms with Crippen LogP contribution in [0, 0.1) is 5.41 Å². The molecule has 4 heterocycles. The number of benzene rings is 4. The molecule has 1 unspecified atom stereocenters. The number of anilines is 2. The number of aromatic hydroxyl groups is 1. The molecule has 0 radical (unpaired) electrons. The van der Waals surface area contributed by atoms with Crippen LogP contribution in [0.3, 0.4) is 0 Å². The van der Waals surface area contributed by atoms with Crippen molar-refractivity contribution in [2.24, 2.45) is 5.41 Å². The molecule has 2 N–H and O–H groups in total. The lowest BCUT2D eigenvalue weighted by Gasteiger charge is -2.56. The van der Waals surface area contributed by atoms with E-state index in [1.54, 1.807) is 17.0 Å². The first-order chi connectivity index (χ1) is 27.3. The Hall–Kier alpha value is -5.41. The Bertz CT molecular complexity index is 2140. The predicted molar refractivity (Wildman–Crippen MR) is 220 cm³/mol. The van der Waals surface area contributed by atoms with E-state index in [1.165, 1.54) is 53.6 Å². The fourth-order valence-electron chi connectivity index (χ4n) is 10.1. The molecule has 9 nitrogen and oxygen atoms in total. The van der Waals surface area contributed by atoms with Gasteiger partial charge in [-0.05, 0) is 120 Å². The van der Waals surface area contributed by atoms with Crippen molar-refractivity contribution in [1.82, 2.24) is 15.1 Å². The van der Waals surface area contributed by atoms with Gasteiger partial charge in [-0.2, -0.15) is 0 Å². The van der Waals surface area contributed by atoms with Crippen LogP contribution in [0.2, 0.25) is 0 Å². The van der Waals surface area contributed by atoms with Crippen LogP contribution < -0.4 is 15.1 Å². The molecule has 5 aliphatic rings. The topological polar surface area (TPSA) is 96.4 Å². The van der Waals surface area contributed by atoms with Gasteiger partial charge in [0.25, 0.3) is 5.91 Å². The van der Waals surface area contributed by atoms with Crippen LogP contribution in [-0.2, 0) is 16.1 Å². The van der Waals surface area contributed by atoms with E-state index in [-0.39, 0.29) is 29.9 Å². The zero-order valence-corrected chi connectivity index (χ0v) is 32.3. The van der Waals surface area contributed by atoms with Crippen molar-refractivity contribution in [3.8, 4) is 5.75 Å². The third-order valence-corrected chi connectivity index (χ3v) is 13.3. The second-order valence-corrected chi connectivity index (χ2v) is 16.5. The molecule has 9 rings (SSSR count). The van der Waals surface area contributed by atoms with E-state index in [0.717, 1.165) is 62.5 Å². The van der Waals surface area contributed by atoms with Gasteiger partial charge < -0.3 is 19.8 Å². The Morgan fingerprint density at radius 2 is 1.39 bits per heavy atom. The normalized spacial score (nSPS) is 21.8. The number of imide groups is 1. The van der Waals surface area contributed by atoms with E-state index in [1.807, 2.05) is 18.2 Å². The second kappa shape index (κ2) is 14.9. The molecule has 1 spiro atoms. The van der Waals surface area contributed by atoms with Gasteiger partial charge in [0.15, 0.2) is 0 Å². The summed E-state index contributed by atoms with van der Waals surface area (Å²) in [5.74, 6) is -0.476. The van der Waals surface area contributed by atoms with Crippen molar-refractivity contribution in [2.75, 3.05) is 49.1 Å². The maximum atomic E-state index is 13.2. The number of fused-ring (bicyclic) bond motifs is 1. The Morgan fingerprint density at radius 1 is 0.750 bits per heavy atom. The molecular weight excluding hydrogens is 699 g/mol. The fourth-order valence-corrected chi connectivity index (χ4v) is 10.1. The van der Waals surface area contributed by atoms with E-state index < -0.39 is 6.04 Å². The maximum absolute atomic E-state index is 13.2. The van der Waals surface area contributed by atoms with E-state index in [0.29, 0.717) is 30.0 Å². The lowest BCUT2D eigenvalue weighted by Crippen LogP contribution is -2.59. The van der Waals surface area contributed by atoms with Crippen LogP contribution in [0.1, 0.15) is 84.5 Å². The highest BCUT2D eigenvalue weighted by molar-refractivity contribution is 6.05. The number of allylic oxidation sites excluding steroid dienone is 1. The predicted octanol–water partition coefficient (Wildman–Crippen LogP) is 7.09.